The number of aromatic nitrogens is 2. The molecule has 1 amide bonds. The molecule has 0 aromatic carbocycles. The van der Waals surface area contributed by atoms with Crippen LogP contribution in [0.1, 0.15) is 32.5 Å². The minimum atomic E-state index is -0.335. The number of carbonyl (C=O) groups excluding carboxylic acids is 1. The Morgan fingerprint density at radius 2 is 2.42 bits per heavy atom. The van der Waals surface area contributed by atoms with E-state index < -0.39 is 0 Å². The standard InChI is InChI=1S/C14H24N4O/c1-14(2,11-5-4-6-15-9-11)13(19)17-10-12-16-7-8-18(12)3/h7-8,11,15H,4-6,9-10H2,1-3H3,(H,17,19). The van der Waals surface area contributed by atoms with Gasteiger partial charge in [0, 0.05) is 24.9 Å². The average molecular weight is 264 g/mol. The van der Waals surface area contributed by atoms with Gasteiger partial charge in [-0.05, 0) is 31.8 Å². The number of rotatable bonds is 4. The molecule has 0 saturated carbocycles. The Morgan fingerprint density at radius 1 is 1.63 bits per heavy atom. The molecule has 1 fully saturated rings. The molecule has 1 unspecified atom stereocenters. The van der Waals surface area contributed by atoms with Gasteiger partial charge in [0.25, 0.3) is 0 Å². The first-order valence-electron chi connectivity index (χ1n) is 6.97. The van der Waals surface area contributed by atoms with E-state index in [1.165, 1.54) is 0 Å². The van der Waals surface area contributed by atoms with Crippen LogP contribution in [-0.4, -0.2) is 28.5 Å². The van der Waals surface area contributed by atoms with E-state index in [4.69, 9.17) is 0 Å². The predicted octanol–water partition coefficient (Wildman–Crippen LogP) is 1.06. The van der Waals surface area contributed by atoms with Crippen molar-refractivity contribution in [3.8, 4) is 0 Å². The second-order valence-electron chi connectivity index (χ2n) is 5.90. The molecule has 1 saturated heterocycles. The van der Waals surface area contributed by atoms with E-state index in [0.29, 0.717) is 12.5 Å². The van der Waals surface area contributed by atoms with Gasteiger partial charge in [-0.2, -0.15) is 0 Å². The number of imidazole rings is 1. The van der Waals surface area contributed by atoms with Crippen LogP contribution in [0.25, 0.3) is 0 Å². The highest BCUT2D eigenvalue weighted by Gasteiger charge is 2.37. The second-order valence-corrected chi connectivity index (χ2v) is 5.90. The van der Waals surface area contributed by atoms with Crippen LogP contribution in [0, 0.1) is 11.3 Å². The SMILES string of the molecule is Cn1ccnc1CNC(=O)C(C)(C)C1CCCNC1. The minimum Gasteiger partial charge on any atom is -0.348 e. The molecule has 2 rings (SSSR count). The Bertz CT molecular complexity index is 432. The topological polar surface area (TPSA) is 59.0 Å². The van der Waals surface area contributed by atoms with Crippen molar-refractivity contribution in [2.75, 3.05) is 13.1 Å². The lowest BCUT2D eigenvalue weighted by molar-refractivity contribution is -0.132. The zero-order valence-corrected chi connectivity index (χ0v) is 12.1. The van der Waals surface area contributed by atoms with Gasteiger partial charge in [0.05, 0.1) is 6.54 Å². The van der Waals surface area contributed by atoms with Gasteiger partial charge < -0.3 is 15.2 Å². The molecule has 19 heavy (non-hydrogen) atoms. The Labute approximate surface area is 114 Å². The molecule has 2 N–H and O–H groups in total. The molecular formula is C14H24N4O. The highest BCUT2D eigenvalue weighted by atomic mass is 16.2. The van der Waals surface area contributed by atoms with Crippen LogP contribution in [0.15, 0.2) is 12.4 Å². The summed E-state index contributed by atoms with van der Waals surface area (Å²) in [5.74, 6) is 1.40. The van der Waals surface area contributed by atoms with Crippen LogP contribution >= 0.6 is 0 Å². The zero-order valence-electron chi connectivity index (χ0n) is 12.1. The maximum atomic E-state index is 12.4. The fourth-order valence-electron chi connectivity index (χ4n) is 2.61. The van der Waals surface area contributed by atoms with Gasteiger partial charge in [-0.1, -0.05) is 13.8 Å². The Hall–Kier alpha value is -1.36. The molecule has 0 bridgehead atoms. The number of amides is 1. The quantitative estimate of drug-likeness (QED) is 0.855. The molecule has 0 aliphatic carbocycles. The largest absolute Gasteiger partial charge is 0.348 e. The summed E-state index contributed by atoms with van der Waals surface area (Å²) in [6.07, 6.45) is 5.91. The van der Waals surface area contributed by atoms with Gasteiger partial charge in [0.15, 0.2) is 0 Å². The Kier molecular flexibility index (Phi) is 4.24. The number of carbonyl (C=O) groups is 1. The maximum absolute atomic E-state index is 12.4. The third-order valence-corrected chi connectivity index (χ3v) is 4.23. The maximum Gasteiger partial charge on any atom is 0.226 e. The number of piperidine rings is 1. The van der Waals surface area contributed by atoms with Crippen molar-refractivity contribution in [3.05, 3.63) is 18.2 Å². The molecule has 1 aliphatic heterocycles. The van der Waals surface area contributed by atoms with Gasteiger partial charge in [-0.3, -0.25) is 4.79 Å². The zero-order chi connectivity index (χ0) is 13.9. The molecule has 5 heteroatoms. The summed E-state index contributed by atoms with van der Waals surface area (Å²) in [6, 6.07) is 0. The summed E-state index contributed by atoms with van der Waals surface area (Å²) in [4.78, 5) is 16.6. The van der Waals surface area contributed by atoms with Gasteiger partial charge in [-0.15, -0.1) is 0 Å². The normalized spacial score (nSPS) is 20.3. The lowest BCUT2D eigenvalue weighted by atomic mass is 9.74. The number of hydrogen-bond donors (Lipinski definition) is 2. The third-order valence-electron chi connectivity index (χ3n) is 4.23. The molecule has 1 aromatic rings. The number of nitrogens with one attached hydrogen (secondary N) is 2. The van der Waals surface area contributed by atoms with Crippen molar-refractivity contribution >= 4 is 5.91 Å². The van der Waals surface area contributed by atoms with Crippen molar-refractivity contribution in [2.45, 2.75) is 33.2 Å². The van der Waals surface area contributed by atoms with E-state index in [-0.39, 0.29) is 11.3 Å². The molecule has 1 aliphatic rings. The van der Waals surface area contributed by atoms with E-state index in [9.17, 15) is 4.79 Å². The van der Waals surface area contributed by atoms with Gasteiger partial charge in [0.1, 0.15) is 5.82 Å². The molecule has 1 aromatic heterocycles. The molecular weight excluding hydrogens is 240 g/mol. The van der Waals surface area contributed by atoms with Crippen molar-refractivity contribution < 1.29 is 4.79 Å². The van der Waals surface area contributed by atoms with E-state index >= 15 is 0 Å². The number of hydrogen-bond acceptors (Lipinski definition) is 3. The number of aryl methyl sites for hydroxylation is 1. The second kappa shape index (κ2) is 5.74. The summed E-state index contributed by atoms with van der Waals surface area (Å²) < 4.78 is 1.93. The average Bonchev–Trinajstić information content (AvgIpc) is 2.82. The third kappa shape index (κ3) is 3.15. The van der Waals surface area contributed by atoms with Crippen molar-refractivity contribution in [2.24, 2.45) is 18.4 Å². The van der Waals surface area contributed by atoms with Crippen molar-refractivity contribution in [1.82, 2.24) is 20.2 Å². The lowest BCUT2D eigenvalue weighted by Crippen LogP contribution is -2.47. The monoisotopic (exact) mass is 264 g/mol. The molecule has 0 radical (unpaired) electrons. The van der Waals surface area contributed by atoms with E-state index in [1.54, 1.807) is 6.20 Å². The summed E-state index contributed by atoms with van der Waals surface area (Å²) in [5.41, 5.74) is -0.335. The smallest absolute Gasteiger partial charge is 0.226 e. The van der Waals surface area contributed by atoms with Gasteiger partial charge in [-0.25, -0.2) is 4.98 Å². The summed E-state index contributed by atoms with van der Waals surface area (Å²) >= 11 is 0. The Balaban J connectivity index is 1.92. The first-order chi connectivity index (χ1) is 9.01. The van der Waals surface area contributed by atoms with Gasteiger partial charge >= 0.3 is 0 Å². The highest BCUT2D eigenvalue weighted by Crippen LogP contribution is 2.31. The lowest BCUT2D eigenvalue weighted by Gasteiger charge is -2.36. The fraction of sp³-hybridized carbons (Fsp3) is 0.714. The van der Waals surface area contributed by atoms with Gasteiger partial charge in [0.2, 0.25) is 5.91 Å². The first kappa shape index (κ1) is 14.1. The minimum absolute atomic E-state index is 0.115. The molecule has 2 heterocycles. The van der Waals surface area contributed by atoms with Crippen LogP contribution < -0.4 is 10.6 Å². The predicted molar refractivity (Wildman–Crippen MR) is 74.4 cm³/mol. The first-order valence-corrected chi connectivity index (χ1v) is 6.97. The van der Waals surface area contributed by atoms with Crippen LogP contribution in [0.3, 0.4) is 0 Å². The van der Waals surface area contributed by atoms with Crippen LogP contribution in [0.2, 0.25) is 0 Å². The number of nitrogens with zero attached hydrogens (tertiary/aromatic N) is 2. The molecule has 5 nitrogen and oxygen atoms in total. The van der Waals surface area contributed by atoms with Crippen LogP contribution in [-0.2, 0) is 18.4 Å². The summed E-state index contributed by atoms with van der Waals surface area (Å²) in [7, 11) is 1.94. The van der Waals surface area contributed by atoms with Crippen LogP contribution in [0.5, 0.6) is 0 Å². The highest BCUT2D eigenvalue weighted by molar-refractivity contribution is 5.82. The summed E-state index contributed by atoms with van der Waals surface area (Å²) in [6.45, 7) is 6.58. The van der Waals surface area contributed by atoms with E-state index in [2.05, 4.69) is 15.6 Å². The summed E-state index contributed by atoms with van der Waals surface area (Å²) in [5, 5.41) is 6.39. The van der Waals surface area contributed by atoms with E-state index in [1.807, 2.05) is 31.7 Å². The molecule has 106 valence electrons. The van der Waals surface area contributed by atoms with E-state index in [0.717, 1.165) is 31.8 Å². The molecule has 1 atom stereocenters. The fourth-order valence-corrected chi connectivity index (χ4v) is 2.61. The van der Waals surface area contributed by atoms with Crippen molar-refractivity contribution in [3.63, 3.8) is 0 Å². The molecule has 0 spiro atoms. The van der Waals surface area contributed by atoms with Crippen molar-refractivity contribution in [1.29, 1.82) is 0 Å². The van der Waals surface area contributed by atoms with Crippen LogP contribution in [0.4, 0.5) is 0 Å². The Morgan fingerprint density at radius 3 is 3.00 bits per heavy atom.